The Morgan fingerprint density at radius 3 is 2.46 bits per heavy atom. The molecule has 0 saturated heterocycles. The van der Waals surface area contributed by atoms with Crippen LogP contribution in [0.1, 0.15) is 26.3 Å². The number of carbonyl (C=O) groups is 2. The maximum absolute atomic E-state index is 11.8. The molecule has 0 aromatic heterocycles. The summed E-state index contributed by atoms with van der Waals surface area (Å²) in [5.74, 6) is -1.09. The van der Waals surface area contributed by atoms with Crippen LogP contribution in [0, 0.1) is 5.41 Å². The molecule has 0 aliphatic carbocycles. The van der Waals surface area contributed by atoms with E-state index in [1.54, 1.807) is 52.1 Å². The number of guanidine groups is 1. The monoisotopic (exact) mass is 336 g/mol. The van der Waals surface area contributed by atoms with Crippen LogP contribution in [0.25, 0.3) is 0 Å². The van der Waals surface area contributed by atoms with Gasteiger partial charge in [0.05, 0.1) is 0 Å². The van der Waals surface area contributed by atoms with E-state index in [9.17, 15) is 14.7 Å². The summed E-state index contributed by atoms with van der Waals surface area (Å²) in [6, 6.07) is 5.85. The van der Waals surface area contributed by atoms with Crippen LogP contribution in [0.15, 0.2) is 24.3 Å². The molecule has 0 spiro atoms. The van der Waals surface area contributed by atoms with Crippen molar-refractivity contribution in [1.82, 2.24) is 10.6 Å². The number of aliphatic carboxylic acids is 1. The predicted molar refractivity (Wildman–Crippen MR) is 91.3 cm³/mol. The van der Waals surface area contributed by atoms with Gasteiger partial charge in [0.15, 0.2) is 5.96 Å². The molecule has 1 atom stereocenters. The number of anilines is 1. The average Bonchev–Trinajstić information content (AvgIpc) is 2.46. The number of hydrogen-bond donors (Lipinski definition) is 5. The van der Waals surface area contributed by atoms with Crippen LogP contribution in [0.3, 0.4) is 0 Å². The van der Waals surface area contributed by atoms with Crippen molar-refractivity contribution in [3.05, 3.63) is 29.8 Å². The Labute approximate surface area is 141 Å². The lowest BCUT2D eigenvalue weighted by Crippen LogP contribution is -2.44. The van der Waals surface area contributed by atoms with Crippen molar-refractivity contribution in [2.75, 3.05) is 12.4 Å². The van der Waals surface area contributed by atoms with Crippen molar-refractivity contribution in [1.29, 1.82) is 5.41 Å². The van der Waals surface area contributed by atoms with Crippen molar-refractivity contribution in [2.24, 2.45) is 0 Å². The second kappa shape index (κ2) is 8.19. The van der Waals surface area contributed by atoms with Gasteiger partial charge in [-0.05, 0) is 32.4 Å². The summed E-state index contributed by atoms with van der Waals surface area (Å²) < 4.78 is 5.10. The molecule has 1 amide bonds. The number of para-hydroxylation sites is 1. The normalized spacial score (nSPS) is 12.0. The Bertz CT molecular complexity index is 610. The first-order valence-corrected chi connectivity index (χ1v) is 7.46. The molecule has 0 aliphatic rings. The van der Waals surface area contributed by atoms with Gasteiger partial charge in [-0.25, -0.2) is 9.59 Å². The number of alkyl carbamates (subject to hydrolysis) is 1. The number of hydrogen-bond acceptors (Lipinski definition) is 4. The zero-order valence-corrected chi connectivity index (χ0v) is 14.3. The van der Waals surface area contributed by atoms with Crippen LogP contribution >= 0.6 is 0 Å². The fraction of sp³-hybridized carbons (Fsp3) is 0.438. The minimum absolute atomic E-state index is 0.0503. The molecule has 132 valence electrons. The fourth-order valence-corrected chi connectivity index (χ4v) is 1.89. The van der Waals surface area contributed by atoms with Crippen LogP contribution in [0.2, 0.25) is 0 Å². The quantitative estimate of drug-likeness (QED) is 0.412. The summed E-state index contributed by atoms with van der Waals surface area (Å²) in [4.78, 5) is 23.3. The van der Waals surface area contributed by atoms with Crippen molar-refractivity contribution >= 4 is 23.7 Å². The molecule has 0 unspecified atom stereocenters. The molecular formula is C16H24N4O4. The van der Waals surface area contributed by atoms with Crippen LogP contribution < -0.4 is 16.0 Å². The third-order valence-corrected chi connectivity index (χ3v) is 2.94. The smallest absolute Gasteiger partial charge is 0.408 e. The van der Waals surface area contributed by atoms with Gasteiger partial charge in [0.2, 0.25) is 0 Å². The second-order valence-electron chi connectivity index (χ2n) is 6.15. The second-order valence-corrected chi connectivity index (χ2v) is 6.15. The lowest BCUT2D eigenvalue weighted by atomic mass is 10.0. The van der Waals surface area contributed by atoms with Crippen molar-refractivity contribution < 1.29 is 19.4 Å². The Morgan fingerprint density at radius 1 is 1.29 bits per heavy atom. The molecule has 0 heterocycles. The fourth-order valence-electron chi connectivity index (χ4n) is 1.89. The summed E-state index contributed by atoms with van der Waals surface area (Å²) >= 11 is 0. The van der Waals surface area contributed by atoms with Gasteiger partial charge < -0.3 is 25.8 Å². The van der Waals surface area contributed by atoms with Crippen LogP contribution in [0.4, 0.5) is 10.5 Å². The molecule has 0 radical (unpaired) electrons. The topological polar surface area (TPSA) is 124 Å². The number of carbonyl (C=O) groups excluding carboxylic acids is 1. The molecular weight excluding hydrogens is 312 g/mol. The number of carboxylic acid groups (broad SMARTS) is 1. The lowest BCUT2D eigenvalue weighted by Gasteiger charge is -2.22. The van der Waals surface area contributed by atoms with E-state index in [-0.39, 0.29) is 12.4 Å². The highest BCUT2D eigenvalue weighted by Gasteiger charge is 2.25. The molecule has 1 aromatic carbocycles. The first-order chi connectivity index (χ1) is 11.1. The van der Waals surface area contributed by atoms with E-state index < -0.39 is 23.7 Å². The van der Waals surface area contributed by atoms with Crippen molar-refractivity contribution in [2.45, 2.75) is 38.8 Å². The molecule has 1 aromatic rings. The highest BCUT2D eigenvalue weighted by Crippen LogP contribution is 2.17. The summed E-state index contributed by atoms with van der Waals surface area (Å²) in [7, 11) is 1.60. The Morgan fingerprint density at radius 2 is 1.92 bits per heavy atom. The Balaban J connectivity index is 2.88. The van der Waals surface area contributed by atoms with Gasteiger partial charge in [0, 0.05) is 19.2 Å². The van der Waals surface area contributed by atoms with E-state index in [4.69, 9.17) is 10.1 Å². The van der Waals surface area contributed by atoms with E-state index >= 15 is 0 Å². The van der Waals surface area contributed by atoms with E-state index in [1.165, 1.54) is 0 Å². The average molecular weight is 336 g/mol. The summed E-state index contributed by atoms with van der Waals surface area (Å²) in [5.41, 5.74) is 0.532. The molecule has 0 aliphatic heterocycles. The summed E-state index contributed by atoms with van der Waals surface area (Å²) in [6.07, 6.45) is -0.738. The number of amides is 1. The molecule has 5 N–H and O–H groups in total. The Kier molecular flexibility index (Phi) is 6.58. The van der Waals surface area contributed by atoms with Gasteiger partial charge in [-0.2, -0.15) is 0 Å². The largest absolute Gasteiger partial charge is 0.480 e. The maximum Gasteiger partial charge on any atom is 0.408 e. The maximum atomic E-state index is 11.8. The standard InChI is InChI=1S/C16H24N4O4/c1-16(2,3)24-15(23)20-12(13(21)22)9-10-7-5-6-8-11(10)19-14(17)18-4/h5-8,12H,9H2,1-4H3,(H,20,23)(H,21,22)(H3,17,18,19)/t12-/m0/s1. The van der Waals surface area contributed by atoms with Crippen LogP contribution in [0.5, 0.6) is 0 Å². The highest BCUT2D eigenvalue weighted by molar-refractivity contribution is 5.92. The molecule has 8 nitrogen and oxygen atoms in total. The first-order valence-electron chi connectivity index (χ1n) is 7.46. The number of benzene rings is 1. The lowest BCUT2D eigenvalue weighted by molar-refractivity contribution is -0.139. The number of nitrogens with one attached hydrogen (secondary N) is 4. The molecule has 0 bridgehead atoms. The highest BCUT2D eigenvalue weighted by atomic mass is 16.6. The van der Waals surface area contributed by atoms with Gasteiger partial charge in [-0.15, -0.1) is 0 Å². The van der Waals surface area contributed by atoms with E-state index in [1.807, 2.05) is 0 Å². The van der Waals surface area contributed by atoms with Crippen LogP contribution in [-0.4, -0.2) is 41.8 Å². The van der Waals surface area contributed by atoms with Crippen LogP contribution in [-0.2, 0) is 16.0 Å². The molecule has 0 saturated carbocycles. The molecule has 0 fully saturated rings. The Hall–Kier alpha value is -2.77. The third-order valence-electron chi connectivity index (χ3n) is 2.94. The molecule has 8 heteroatoms. The van der Waals surface area contributed by atoms with Gasteiger partial charge >= 0.3 is 12.1 Å². The predicted octanol–water partition coefficient (Wildman–Crippen LogP) is 1.77. The summed E-state index contributed by atoms with van der Waals surface area (Å²) in [5, 5.41) is 24.8. The van der Waals surface area contributed by atoms with Gasteiger partial charge in [-0.1, -0.05) is 18.2 Å². The number of carboxylic acids is 1. The van der Waals surface area contributed by atoms with Gasteiger partial charge in [0.25, 0.3) is 0 Å². The first kappa shape index (κ1) is 19.3. The number of rotatable bonds is 5. The van der Waals surface area contributed by atoms with Crippen molar-refractivity contribution in [3.63, 3.8) is 0 Å². The zero-order valence-electron chi connectivity index (χ0n) is 14.3. The van der Waals surface area contributed by atoms with Gasteiger partial charge in [-0.3, -0.25) is 5.41 Å². The van der Waals surface area contributed by atoms with E-state index in [0.717, 1.165) is 0 Å². The molecule has 24 heavy (non-hydrogen) atoms. The SMILES string of the molecule is CNC(=N)Nc1ccccc1C[C@H](NC(=O)OC(C)(C)C)C(=O)O. The minimum atomic E-state index is -1.17. The van der Waals surface area contributed by atoms with Crippen molar-refractivity contribution in [3.8, 4) is 0 Å². The summed E-state index contributed by atoms with van der Waals surface area (Å²) in [6.45, 7) is 5.10. The van der Waals surface area contributed by atoms with E-state index in [2.05, 4.69) is 16.0 Å². The zero-order chi connectivity index (χ0) is 18.3. The third kappa shape index (κ3) is 6.55. The van der Waals surface area contributed by atoms with E-state index in [0.29, 0.717) is 11.3 Å². The minimum Gasteiger partial charge on any atom is -0.480 e. The van der Waals surface area contributed by atoms with Gasteiger partial charge in [0.1, 0.15) is 11.6 Å². The number of ether oxygens (including phenoxy) is 1. The molecule has 1 rings (SSSR count).